The van der Waals surface area contributed by atoms with E-state index in [1.807, 2.05) is 11.6 Å². The molecule has 2 aromatic carbocycles. The van der Waals surface area contributed by atoms with E-state index in [1.165, 1.54) is 24.1 Å². The van der Waals surface area contributed by atoms with Crippen LogP contribution in [0, 0.1) is 6.92 Å². The van der Waals surface area contributed by atoms with Crippen molar-refractivity contribution in [3.63, 3.8) is 0 Å². The Bertz CT molecular complexity index is 1830. The highest BCUT2D eigenvalue weighted by atomic mass is 32.2. The fraction of sp³-hybridized carbons (Fsp3) is 0.393. The summed E-state index contributed by atoms with van der Waals surface area (Å²) in [5, 5.41) is 6.15. The number of alkyl halides is 3. The van der Waals surface area contributed by atoms with Gasteiger partial charge in [-0.1, -0.05) is 29.8 Å². The predicted octanol–water partition coefficient (Wildman–Crippen LogP) is 4.22. The van der Waals surface area contributed by atoms with Crippen LogP contribution in [0.25, 0.3) is 16.9 Å². The number of carbonyl (C=O) groups excluding carboxylic acids is 2. The number of aryl methyl sites for hydroxylation is 1. The van der Waals surface area contributed by atoms with Gasteiger partial charge in [0.15, 0.2) is 5.69 Å². The Hall–Kier alpha value is -5.07. The van der Waals surface area contributed by atoms with Crippen LogP contribution in [0.15, 0.2) is 64.1 Å². The average Bonchev–Trinajstić information content (AvgIpc) is 3.50. The molecular weight excluding hydrogens is 653 g/mol. The zero-order chi connectivity index (χ0) is 34.3. The number of sulfonamides is 1. The lowest BCUT2D eigenvalue weighted by Gasteiger charge is -2.34. The quantitative estimate of drug-likeness (QED) is 0.199. The Kier molecular flexibility index (Phi) is 8.69. The second kappa shape index (κ2) is 12.3. The minimum Gasteiger partial charge on any atom is -0.442 e. The number of aromatic nitrogens is 4. The van der Waals surface area contributed by atoms with E-state index in [9.17, 15) is 31.2 Å². The monoisotopic (exact) mass is 684 g/mol. The number of carbonyl (C=O) groups is 2. The SMILES string of the molecule is Cc1ccc(-c2cc(C(F)(F)F)nn2-c2ccc(S(=O)(=O)NC(=O)OC3CN(n4on4OC(C)OC(=O)OC(C)(C)C)C3)cc2)cc1. The Morgan fingerprint density at radius 2 is 1.68 bits per heavy atom. The highest BCUT2D eigenvalue weighted by Gasteiger charge is 2.38. The van der Waals surface area contributed by atoms with Gasteiger partial charge >= 0.3 is 18.4 Å². The number of rotatable bonds is 9. The number of hydrogen-bond donors (Lipinski definition) is 1. The molecule has 15 nitrogen and oxygen atoms in total. The van der Waals surface area contributed by atoms with Gasteiger partial charge in [0.2, 0.25) is 0 Å². The Morgan fingerprint density at radius 1 is 1.04 bits per heavy atom. The fourth-order valence-corrected chi connectivity index (χ4v) is 5.09. The normalized spacial score (nSPS) is 14.8. The molecule has 1 fully saturated rings. The summed E-state index contributed by atoms with van der Waals surface area (Å²) in [6.45, 7) is 8.55. The van der Waals surface area contributed by atoms with Gasteiger partial charge in [-0.3, -0.25) is 5.01 Å². The van der Waals surface area contributed by atoms with E-state index in [0.29, 0.717) is 5.56 Å². The summed E-state index contributed by atoms with van der Waals surface area (Å²) in [7, 11) is -4.40. The molecule has 254 valence electrons. The molecule has 0 aliphatic carbocycles. The van der Waals surface area contributed by atoms with Crippen molar-refractivity contribution in [2.45, 2.75) is 63.7 Å². The first kappa shape index (κ1) is 33.3. The first-order chi connectivity index (χ1) is 21.9. The molecule has 1 unspecified atom stereocenters. The van der Waals surface area contributed by atoms with E-state index < -0.39 is 52.1 Å². The first-order valence-electron chi connectivity index (χ1n) is 14.1. The Balaban J connectivity index is 1.14. The maximum Gasteiger partial charge on any atom is 0.511 e. The summed E-state index contributed by atoms with van der Waals surface area (Å²) in [5.74, 6) is 0. The molecule has 1 aliphatic rings. The minimum absolute atomic E-state index is 0.121. The summed E-state index contributed by atoms with van der Waals surface area (Å²) in [5.41, 5.74) is -0.167. The Morgan fingerprint density at radius 3 is 2.28 bits per heavy atom. The van der Waals surface area contributed by atoms with Gasteiger partial charge in [0.25, 0.3) is 16.3 Å². The van der Waals surface area contributed by atoms with Crippen molar-refractivity contribution in [1.82, 2.24) is 24.5 Å². The van der Waals surface area contributed by atoms with E-state index in [1.54, 1.807) is 45.0 Å². The number of hydrogen-bond acceptors (Lipinski definition) is 11. The summed E-state index contributed by atoms with van der Waals surface area (Å²) in [6.07, 6.45) is -8.63. The van der Waals surface area contributed by atoms with Crippen LogP contribution in [0.2, 0.25) is 0 Å². The second-order valence-corrected chi connectivity index (χ2v) is 13.2. The molecular formula is C28H31F3N6O9S. The fourth-order valence-electron chi connectivity index (χ4n) is 4.21. The van der Waals surface area contributed by atoms with Crippen molar-refractivity contribution in [3.8, 4) is 16.9 Å². The molecule has 1 atom stereocenters. The van der Waals surface area contributed by atoms with E-state index in [0.717, 1.165) is 38.4 Å². The molecule has 0 radical (unpaired) electrons. The smallest absolute Gasteiger partial charge is 0.442 e. The van der Waals surface area contributed by atoms with Gasteiger partial charge < -0.3 is 19.0 Å². The standard InChI is InChI=1S/C28H31F3N6O9S/c1-17-6-8-19(9-7-17)23-14-24(28(29,30)31)32-35(23)20-10-12-22(13-11-20)47(40,41)33-25(38)43-21-15-34(16-21)36-37(46-36)45-18(2)42-26(39)44-27(3,4)5/h6-14,18,21H,15-16H2,1-5H3,(H,33,38). The van der Waals surface area contributed by atoms with Crippen LogP contribution in [0.4, 0.5) is 22.8 Å². The molecule has 0 spiro atoms. The van der Waals surface area contributed by atoms with Crippen molar-refractivity contribution in [1.29, 1.82) is 0 Å². The average molecular weight is 685 g/mol. The minimum atomic E-state index is -4.71. The summed E-state index contributed by atoms with van der Waals surface area (Å²) in [6, 6.07) is 12.5. The highest BCUT2D eigenvalue weighted by Crippen LogP contribution is 2.33. The van der Waals surface area contributed by atoms with Crippen LogP contribution in [0.3, 0.4) is 0 Å². The third-order valence-electron chi connectivity index (χ3n) is 6.45. The van der Waals surface area contributed by atoms with Crippen LogP contribution in [-0.2, 0) is 30.4 Å². The molecule has 1 aliphatic heterocycles. The lowest BCUT2D eigenvalue weighted by atomic mass is 10.1. The van der Waals surface area contributed by atoms with Gasteiger partial charge in [-0.25, -0.2) is 27.4 Å². The number of ether oxygens (including phenoxy) is 3. The van der Waals surface area contributed by atoms with E-state index >= 15 is 0 Å². The maximum absolute atomic E-state index is 13.5. The topological polar surface area (TPSA) is 161 Å². The lowest BCUT2D eigenvalue weighted by Crippen LogP contribution is -2.58. The van der Waals surface area contributed by atoms with Crippen molar-refractivity contribution < 1.29 is 54.9 Å². The number of amides is 1. The molecule has 1 N–H and O–H groups in total. The van der Waals surface area contributed by atoms with Crippen molar-refractivity contribution in [3.05, 3.63) is 65.9 Å². The van der Waals surface area contributed by atoms with Gasteiger partial charge in [0.1, 0.15) is 16.7 Å². The molecule has 3 heterocycles. The van der Waals surface area contributed by atoms with Crippen LogP contribution in [0.1, 0.15) is 39.0 Å². The molecule has 1 saturated heterocycles. The van der Waals surface area contributed by atoms with Crippen LogP contribution in [-0.4, -0.2) is 71.5 Å². The van der Waals surface area contributed by atoms with Crippen LogP contribution < -0.4 is 14.6 Å². The van der Waals surface area contributed by atoms with Crippen LogP contribution >= 0.6 is 0 Å². The predicted molar refractivity (Wildman–Crippen MR) is 155 cm³/mol. The molecule has 19 heteroatoms. The van der Waals surface area contributed by atoms with Crippen molar-refractivity contribution in [2.24, 2.45) is 0 Å². The van der Waals surface area contributed by atoms with Gasteiger partial charge in [-0.15, -0.1) is 0 Å². The van der Waals surface area contributed by atoms with Gasteiger partial charge in [-0.2, -0.15) is 22.9 Å². The zero-order valence-electron chi connectivity index (χ0n) is 25.7. The number of halogens is 3. The molecule has 5 rings (SSSR count). The highest BCUT2D eigenvalue weighted by molar-refractivity contribution is 7.90. The molecule has 4 aromatic rings. The van der Waals surface area contributed by atoms with Crippen molar-refractivity contribution in [2.75, 3.05) is 18.1 Å². The molecule has 47 heavy (non-hydrogen) atoms. The molecule has 0 saturated carbocycles. The van der Waals surface area contributed by atoms with Gasteiger partial charge in [-0.05, 0) is 58.0 Å². The van der Waals surface area contributed by atoms with E-state index in [4.69, 9.17) is 23.7 Å². The number of benzene rings is 2. The Labute approximate surface area is 266 Å². The zero-order valence-corrected chi connectivity index (χ0v) is 26.5. The number of nitrogens with zero attached hydrogens (tertiary/aromatic N) is 5. The molecule has 1 amide bonds. The summed E-state index contributed by atoms with van der Waals surface area (Å²) >= 11 is 0. The van der Waals surface area contributed by atoms with E-state index in [2.05, 4.69) is 5.10 Å². The van der Waals surface area contributed by atoms with Crippen LogP contribution in [0.5, 0.6) is 0 Å². The molecule has 0 bridgehead atoms. The summed E-state index contributed by atoms with van der Waals surface area (Å²) < 4.78 is 89.2. The third-order valence-corrected chi connectivity index (χ3v) is 7.78. The van der Waals surface area contributed by atoms with Gasteiger partial charge in [0.05, 0.1) is 34.3 Å². The molecule has 2 aromatic heterocycles. The third kappa shape index (κ3) is 8.21. The maximum atomic E-state index is 13.5. The lowest BCUT2D eigenvalue weighted by molar-refractivity contribution is -0.143. The first-order valence-corrected chi connectivity index (χ1v) is 15.5. The van der Waals surface area contributed by atoms with Gasteiger partial charge in [0, 0.05) is 12.5 Å². The number of nitrogens with one attached hydrogen (secondary N) is 1. The van der Waals surface area contributed by atoms with Crippen molar-refractivity contribution >= 4 is 22.3 Å². The second-order valence-electron chi connectivity index (χ2n) is 11.5. The largest absolute Gasteiger partial charge is 0.511 e. The van der Waals surface area contributed by atoms with E-state index in [-0.39, 0.29) is 29.4 Å². The summed E-state index contributed by atoms with van der Waals surface area (Å²) in [4.78, 5) is 30.2.